The van der Waals surface area contributed by atoms with E-state index in [0.29, 0.717) is 25.8 Å². The number of unbranched alkanes of at least 4 members (excludes halogenated alkanes) is 1. The van der Waals surface area contributed by atoms with Gasteiger partial charge < -0.3 is 43.4 Å². The maximum atomic E-state index is 12.7. The number of carbonyl (C=O) groups excluding carboxylic acids is 4. The number of hydrogen-bond acceptors (Lipinski definition) is 8. The summed E-state index contributed by atoms with van der Waals surface area (Å²) in [6.07, 6.45) is -0.549. The average molecular weight is 475 g/mol. The molecule has 0 saturated heterocycles. The summed E-state index contributed by atoms with van der Waals surface area (Å²) < 4.78 is 0. The molecule has 11 N–H and O–H groups in total. The Morgan fingerprint density at radius 3 is 1.91 bits per heavy atom. The van der Waals surface area contributed by atoms with Gasteiger partial charge in [0.1, 0.15) is 18.1 Å². The SMILES string of the molecule is CC(C)CC(N)C(=O)NC(CC(N)=O)C(=O)NC(C(=O)NC(CCCCN)C(=O)O)C(C)O. The molecule has 0 aromatic carbocycles. The van der Waals surface area contributed by atoms with Crippen LogP contribution < -0.4 is 33.2 Å². The first kappa shape index (κ1) is 30.2. The fourth-order valence-corrected chi connectivity index (χ4v) is 2.97. The smallest absolute Gasteiger partial charge is 0.326 e. The summed E-state index contributed by atoms with van der Waals surface area (Å²) in [7, 11) is 0. The second-order valence-corrected chi connectivity index (χ2v) is 8.38. The van der Waals surface area contributed by atoms with Crippen LogP contribution in [-0.4, -0.2) is 76.6 Å². The van der Waals surface area contributed by atoms with Gasteiger partial charge in [-0.1, -0.05) is 13.8 Å². The molecule has 13 nitrogen and oxygen atoms in total. The second kappa shape index (κ2) is 15.1. The third-order valence-electron chi connectivity index (χ3n) is 4.72. The van der Waals surface area contributed by atoms with E-state index in [1.807, 2.05) is 13.8 Å². The van der Waals surface area contributed by atoms with Gasteiger partial charge in [0.2, 0.25) is 23.6 Å². The lowest BCUT2D eigenvalue weighted by Gasteiger charge is -2.26. The minimum Gasteiger partial charge on any atom is -0.480 e. The molecule has 0 aliphatic rings. The van der Waals surface area contributed by atoms with Crippen molar-refractivity contribution in [1.29, 1.82) is 0 Å². The molecule has 4 amide bonds. The molecule has 5 unspecified atom stereocenters. The molecule has 0 aliphatic carbocycles. The van der Waals surface area contributed by atoms with Crippen molar-refractivity contribution < 1.29 is 34.2 Å². The zero-order valence-electron chi connectivity index (χ0n) is 19.4. The van der Waals surface area contributed by atoms with Gasteiger partial charge in [0, 0.05) is 0 Å². The molecule has 13 heteroatoms. The summed E-state index contributed by atoms with van der Waals surface area (Å²) in [4.78, 5) is 60.4. The monoisotopic (exact) mass is 474 g/mol. The summed E-state index contributed by atoms with van der Waals surface area (Å²) in [5.74, 6) is -4.67. The van der Waals surface area contributed by atoms with Crippen molar-refractivity contribution in [3.8, 4) is 0 Å². The van der Waals surface area contributed by atoms with Gasteiger partial charge in [0.25, 0.3) is 0 Å². The Balaban J connectivity index is 5.38. The number of hydrogen-bond donors (Lipinski definition) is 8. The van der Waals surface area contributed by atoms with E-state index in [0.717, 1.165) is 0 Å². The van der Waals surface area contributed by atoms with Crippen LogP contribution in [0.5, 0.6) is 0 Å². The zero-order valence-corrected chi connectivity index (χ0v) is 19.4. The second-order valence-electron chi connectivity index (χ2n) is 8.38. The number of carbonyl (C=O) groups is 5. The number of carboxylic acids is 1. The Morgan fingerprint density at radius 2 is 1.45 bits per heavy atom. The number of aliphatic hydroxyl groups is 1. The van der Waals surface area contributed by atoms with E-state index in [9.17, 15) is 34.2 Å². The highest BCUT2D eigenvalue weighted by Crippen LogP contribution is 2.06. The topological polar surface area (TPSA) is 240 Å². The van der Waals surface area contributed by atoms with E-state index in [2.05, 4.69) is 16.0 Å². The van der Waals surface area contributed by atoms with E-state index in [1.54, 1.807) is 0 Å². The van der Waals surface area contributed by atoms with E-state index in [-0.39, 0.29) is 12.3 Å². The van der Waals surface area contributed by atoms with Gasteiger partial charge >= 0.3 is 5.97 Å². The third kappa shape index (κ3) is 12.2. The summed E-state index contributed by atoms with van der Waals surface area (Å²) in [6, 6.07) is -5.18. The number of primary amides is 1. The minimum absolute atomic E-state index is 0.101. The normalized spacial score (nSPS) is 15.6. The summed E-state index contributed by atoms with van der Waals surface area (Å²) in [5, 5.41) is 26.2. The van der Waals surface area contributed by atoms with Gasteiger partial charge in [-0.05, 0) is 45.1 Å². The van der Waals surface area contributed by atoms with Crippen molar-refractivity contribution >= 4 is 29.6 Å². The number of amides is 4. The average Bonchev–Trinajstić information content (AvgIpc) is 2.69. The van der Waals surface area contributed by atoms with Crippen LogP contribution in [-0.2, 0) is 24.0 Å². The first-order valence-electron chi connectivity index (χ1n) is 10.9. The Labute approximate surface area is 193 Å². The molecule has 0 heterocycles. The Bertz CT molecular complexity index is 686. The van der Waals surface area contributed by atoms with Crippen molar-refractivity contribution in [2.24, 2.45) is 23.1 Å². The molecular formula is C20H38N6O7. The third-order valence-corrected chi connectivity index (χ3v) is 4.72. The summed E-state index contributed by atoms with van der Waals surface area (Å²) in [5.41, 5.74) is 16.4. The van der Waals surface area contributed by atoms with Crippen molar-refractivity contribution in [1.82, 2.24) is 16.0 Å². The van der Waals surface area contributed by atoms with Gasteiger partial charge in [-0.25, -0.2) is 4.79 Å². The molecule has 5 atom stereocenters. The molecule has 0 rings (SSSR count). The van der Waals surface area contributed by atoms with Crippen molar-refractivity contribution in [2.75, 3.05) is 6.54 Å². The predicted molar refractivity (Wildman–Crippen MR) is 119 cm³/mol. The molecule has 33 heavy (non-hydrogen) atoms. The van der Waals surface area contributed by atoms with Gasteiger partial charge in [-0.15, -0.1) is 0 Å². The van der Waals surface area contributed by atoms with Crippen molar-refractivity contribution in [3.63, 3.8) is 0 Å². The number of nitrogens with two attached hydrogens (primary N) is 3. The van der Waals surface area contributed by atoms with Gasteiger partial charge in [-0.2, -0.15) is 0 Å². The molecule has 0 spiro atoms. The Hall–Kier alpha value is -2.77. The van der Waals surface area contributed by atoms with E-state index >= 15 is 0 Å². The zero-order chi connectivity index (χ0) is 25.7. The highest BCUT2D eigenvalue weighted by molar-refractivity contribution is 5.96. The van der Waals surface area contributed by atoms with E-state index in [4.69, 9.17) is 17.2 Å². The van der Waals surface area contributed by atoms with Crippen LogP contribution in [0.3, 0.4) is 0 Å². The van der Waals surface area contributed by atoms with Crippen LogP contribution in [0.2, 0.25) is 0 Å². The van der Waals surface area contributed by atoms with Crippen LogP contribution in [0.15, 0.2) is 0 Å². The Morgan fingerprint density at radius 1 is 0.879 bits per heavy atom. The van der Waals surface area contributed by atoms with Gasteiger partial charge in [0.05, 0.1) is 18.6 Å². The molecule has 0 fully saturated rings. The predicted octanol–water partition coefficient (Wildman–Crippen LogP) is -2.72. The quantitative estimate of drug-likeness (QED) is 0.108. The molecule has 190 valence electrons. The van der Waals surface area contributed by atoms with Crippen LogP contribution in [0.4, 0.5) is 0 Å². The molecular weight excluding hydrogens is 436 g/mol. The van der Waals surface area contributed by atoms with E-state index in [1.165, 1.54) is 6.92 Å². The lowest BCUT2D eigenvalue weighted by atomic mass is 10.0. The standard InChI is InChI=1S/C20H38N6O7/c1-10(2)8-12(22)17(29)25-14(9-15(23)28)18(30)26-16(11(3)27)19(31)24-13(20(32)33)6-4-5-7-21/h10-14,16,27H,4-9,21-22H2,1-3H3,(H2,23,28)(H,24,31)(H,25,29)(H,26,30)(H,32,33). The Kier molecular flexibility index (Phi) is 13.9. The van der Waals surface area contributed by atoms with Gasteiger partial charge in [0.15, 0.2) is 0 Å². The fourth-order valence-electron chi connectivity index (χ4n) is 2.97. The number of aliphatic hydroxyl groups excluding tert-OH is 1. The number of carboxylic acid groups (broad SMARTS) is 1. The van der Waals surface area contributed by atoms with Crippen molar-refractivity contribution in [2.45, 2.75) is 83.1 Å². The number of nitrogens with one attached hydrogen (secondary N) is 3. The highest BCUT2D eigenvalue weighted by Gasteiger charge is 2.33. The molecule has 0 saturated carbocycles. The maximum Gasteiger partial charge on any atom is 0.326 e. The number of rotatable bonds is 16. The number of aliphatic carboxylic acids is 1. The lowest BCUT2D eigenvalue weighted by molar-refractivity contribution is -0.143. The van der Waals surface area contributed by atoms with Crippen LogP contribution in [0.25, 0.3) is 0 Å². The van der Waals surface area contributed by atoms with E-state index < -0.39 is 66.3 Å². The van der Waals surface area contributed by atoms with Gasteiger partial charge in [-0.3, -0.25) is 19.2 Å². The molecule has 0 aromatic rings. The van der Waals surface area contributed by atoms with Crippen LogP contribution in [0, 0.1) is 5.92 Å². The molecule has 0 aliphatic heterocycles. The molecule has 0 radical (unpaired) electrons. The molecule has 0 bridgehead atoms. The first-order valence-corrected chi connectivity index (χ1v) is 10.9. The summed E-state index contributed by atoms with van der Waals surface area (Å²) >= 11 is 0. The first-order chi connectivity index (χ1) is 15.3. The lowest BCUT2D eigenvalue weighted by Crippen LogP contribution is -2.60. The largest absolute Gasteiger partial charge is 0.480 e. The highest BCUT2D eigenvalue weighted by atomic mass is 16.4. The fraction of sp³-hybridized carbons (Fsp3) is 0.750. The summed E-state index contributed by atoms with van der Waals surface area (Å²) in [6.45, 7) is 5.29. The van der Waals surface area contributed by atoms with Crippen molar-refractivity contribution in [3.05, 3.63) is 0 Å². The minimum atomic E-state index is -1.55. The van der Waals surface area contributed by atoms with Crippen LogP contribution >= 0.6 is 0 Å². The molecule has 0 aromatic heterocycles. The van der Waals surface area contributed by atoms with Crippen LogP contribution in [0.1, 0.15) is 52.9 Å². The maximum absolute atomic E-state index is 12.7.